The van der Waals surface area contributed by atoms with Crippen molar-refractivity contribution >= 4 is 21.8 Å². The Morgan fingerprint density at radius 2 is 1.81 bits per heavy atom. The number of hydrogen-bond acceptors (Lipinski definition) is 3. The smallest absolute Gasteiger partial charge is 0.258 e. The molecule has 0 heterocycles. The molecule has 2 aromatic carbocycles. The maximum absolute atomic E-state index is 12.0. The molecule has 0 saturated heterocycles. The molecule has 27 heavy (non-hydrogen) atoms. The Bertz CT molecular complexity index is 797. The Morgan fingerprint density at radius 1 is 1.07 bits per heavy atom. The van der Waals surface area contributed by atoms with Crippen LogP contribution in [0.15, 0.2) is 40.9 Å². The van der Waals surface area contributed by atoms with E-state index in [1.54, 1.807) is 0 Å². The zero-order valence-electron chi connectivity index (χ0n) is 16.7. The number of carbonyl (C=O) groups excluding carboxylic acids is 1. The average molecular weight is 434 g/mol. The molecule has 0 saturated carbocycles. The minimum atomic E-state index is -0.175. The molecule has 4 nitrogen and oxygen atoms in total. The predicted molar refractivity (Wildman–Crippen MR) is 113 cm³/mol. The Kier molecular flexibility index (Phi) is 7.31. The molecule has 0 atom stereocenters. The maximum Gasteiger partial charge on any atom is 0.258 e. The van der Waals surface area contributed by atoms with Crippen molar-refractivity contribution in [2.75, 3.05) is 19.8 Å². The molecule has 5 heteroatoms. The summed E-state index contributed by atoms with van der Waals surface area (Å²) < 4.78 is 12.2. The van der Waals surface area contributed by atoms with Crippen molar-refractivity contribution in [3.63, 3.8) is 0 Å². The van der Waals surface area contributed by atoms with E-state index in [4.69, 9.17) is 9.47 Å². The standard InChI is InChI=1S/C22H28BrNO3/c1-15-7-6-8-19(16(15)2)26-12-11-24-21(25)14-27-20-10-9-17(13-18(20)23)22(3,4)5/h6-10,13H,11-12,14H2,1-5H3,(H,24,25). The van der Waals surface area contributed by atoms with E-state index in [0.717, 1.165) is 15.8 Å². The zero-order chi connectivity index (χ0) is 20.0. The van der Waals surface area contributed by atoms with Gasteiger partial charge in [-0.3, -0.25) is 4.79 Å². The fraction of sp³-hybridized carbons (Fsp3) is 0.409. The van der Waals surface area contributed by atoms with Crippen LogP contribution in [0.5, 0.6) is 11.5 Å². The molecule has 0 aliphatic heterocycles. The molecule has 1 N–H and O–H groups in total. The second-order valence-corrected chi connectivity index (χ2v) is 8.43. The average Bonchev–Trinajstić information content (AvgIpc) is 2.60. The Hall–Kier alpha value is -2.01. The fourth-order valence-electron chi connectivity index (χ4n) is 2.51. The van der Waals surface area contributed by atoms with Crippen LogP contribution in [-0.4, -0.2) is 25.7 Å². The zero-order valence-corrected chi connectivity index (χ0v) is 18.3. The monoisotopic (exact) mass is 433 g/mol. The number of aryl methyl sites for hydroxylation is 1. The largest absolute Gasteiger partial charge is 0.491 e. The first kappa shape index (κ1) is 21.3. The van der Waals surface area contributed by atoms with Gasteiger partial charge < -0.3 is 14.8 Å². The molecule has 2 rings (SSSR count). The number of nitrogens with one attached hydrogen (secondary N) is 1. The lowest BCUT2D eigenvalue weighted by Crippen LogP contribution is -2.32. The Labute approximate surface area is 170 Å². The van der Waals surface area contributed by atoms with Crippen LogP contribution in [-0.2, 0) is 10.2 Å². The molecule has 0 aromatic heterocycles. The van der Waals surface area contributed by atoms with Gasteiger partial charge in [0.15, 0.2) is 6.61 Å². The molecular weight excluding hydrogens is 406 g/mol. The molecule has 0 aliphatic carbocycles. The van der Waals surface area contributed by atoms with Crippen LogP contribution in [0.2, 0.25) is 0 Å². The number of benzene rings is 2. The number of amides is 1. The van der Waals surface area contributed by atoms with Gasteiger partial charge in [-0.05, 0) is 70.1 Å². The molecule has 0 radical (unpaired) electrons. The van der Waals surface area contributed by atoms with Crippen molar-refractivity contribution < 1.29 is 14.3 Å². The van der Waals surface area contributed by atoms with Gasteiger partial charge in [0.1, 0.15) is 18.1 Å². The summed E-state index contributed by atoms with van der Waals surface area (Å²) in [5, 5.41) is 2.81. The molecule has 0 fully saturated rings. The predicted octanol–water partition coefficient (Wildman–Crippen LogP) is 4.94. The van der Waals surface area contributed by atoms with E-state index in [2.05, 4.69) is 42.0 Å². The molecular formula is C22H28BrNO3. The third-order valence-corrected chi connectivity index (χ3v) is 5.01. The van der Waals surface area contributed by atoms with Gasteiger partial charge in [0.25, 0.3) is 5.91 Å². The summed E-state index contributed by atoms with van der Waals surface area (Å²) >= 11 is 3.52. The minimum absolute atomic E-state index is 0.0308. The van der Waals surface area contributed by atoms with E-state index in [1.165, 1.54) is 11.1 Å². The molecule has 0 aliphatic rings. The highest BCUT2D eigenvalue weighted by molar-refractivity contribution is 9.10. The van der Waals surface area contributed by atoms with Crippen LogP contribution >= 0.6 is 15.9 Å². The van der Waals surface area contributed by atoms with Gasteiger partial charge in [0.05, 0.1) is 11.0 Å². The summed E-state index contributed by atoms with van der Waals surface area (Å²) in [6.07, 6.45) is 0. The number of hydrogen-bond donors (Lipinski definition) is 1. The van der Waals surface area contributed by atoms with Crippen LogP contribution in [0.4, 0.5) is 0 Å². The van der Waals surface area contributed by atoms with E-state index in [-0.39, 0.29) is 17.9 Å². The third kappa shape index (κ3) is 6.28. The lowest BCUT2D eigenvalue weighted by Gasteiger charge is -2.20. The van der Waals surface area contributed by atoms with Crippen molar-refractivity contribution in [1.29, 1.82) is 0 Å². The van der Waals surface area contributed by atoms with Crippen molar-refractivity contribution in [3.05, 3.63) is 57.6 Å². The van der Waals surface area contributed by atoms with Gasteiger partial charge in [-0.15, -0.1) is 0 Å². The van der Waals surface area contributed by atoms with Gasteiger partial charge in [-0.2, -0.15) is 0 Å². The van der Waals surface area contributed by atoms with Crippen LogP contribution in [0, 0.1) is 13.8 Å². The van der Waals surface area contributed by atoms with Gasteiger partial charge in [0.2, 0.25) is 0 Å². The quantitative estimate of drug-likeness (QED) is 0.629. The summed E-state index contributed by atoms with van der Waals surface area (Å²) in [6, 6.07) is 11.9. The maximum atomic E-state index is 12.0. The van der Waals surface area contributed by atoms with Gasteiger partial charge in [-0.25, -0.2) is 0 Å². The number of rotatable bonds is 7. The first-order valence-electron chi connectivity index (χ1n) is 9.07. The normalized spacial score (nSPS) is 11.2. The van der Waals surface area contributed by atoms with Crippen LogP contribution in [0.25, 0.3) is 0 Å². The van der Waals surface area contributed by atoms with Crippen molar-refractivity contribution in [2.45, 2.75) is 40.0 Å². The highest BCUT2D eigenvalue weighted by Crippen LogP contribution is 2.31. The second kappa shape index (κ2) is 9.27. The molecule has 0 unspecified atom stereocenters. The second-order valence-electron chi connectivity index (χ2n) is 7.58. The van der Waals surface area contributed by atoms with Crippen molar-refractivity contribution in [3.8, 4) is 11.5 Å². The molecule has 0 bridgehead atoms. The summed E-state index contributed by atoms with van der Waals surface area (Å²) in [4.78, 5) is 12.0. The lowest BCUT2D eigenvalue weighted by atomic mass is 9.87. The third-order valence-electron chi connectivity index (χ3n) is 4.39. The SMILES string of the molecule is Cc1cccc(OCCNC(=O)COc2ccc(C(C)(C)C)cc2Br)c1C. The van der Waals surface area contributed by atoms with Crippen LogP contribution < -0.4 is 14.8 Å². The number of carbonyl (C=O) groups is 1. The highest BCUT2D eigenvalue weighted by Gasteiger charge is 2.15. The molecule has 1 amide bonds. The van der Waals surface area contributed by atoms with Gasteiger partial charge >= 0.3 is 0 Å². The Balaban J connectivity index is 1.76. The summed E-state index contributed by atoms with van der Waals surface area (Å²) in [6.45, 7) is 11.4. The minimum Gasteiger partial charge on any atom is -0.491 e. The van der Waals surface area contributed by atoms with E-state index in [1.807, 2.05) is 50.2 Å². The Morgan fingerprint density at radius 3 is 2.48 bits per heavy atom. The summed E-state index contributed by atoms with van der Waals surface area (Å²) in [7, 11) is 0. The molecule has 146 valence electrons. The van der Waals surface area contributed by atoms with E-state index in [0.29, 0.717) is 18.9 Å². The van der Waals surface area contributed by atoms with Crippen molar-refractivity contribution in [2.24, 2.45) is 0 Å². The number of halogens is 1. The van der Waals surface area contributed by atoms with E-state index in [9.17, 15) is 4.79 Å². The van der Waals surface area contributed by atoms with E-state index >= 15 is 0 Å². The topological polar surface area (TPSA) is 47.6 Å². The fourth-order valence-corrected chi connectivity index (χ4v) is 3.00. The molecule has 0 spiro atoms. The summed E-state index contributed by atoms with van der Waals surface area (Å²) in [5.74, 6) is 1.33. The first-order valence-corrected chi connectivity index (χ1v) is 9.86. The highest BCUT2D eigenvalue weighted by atomic mass is 79.9. The van der Waals surface area contributed by atoms with Gasteiger partial charge in [-0.1, -0.05) is 39.0 Å². The first-order chi connectivity index (χ1) is 12.7. The van der Waals surface area contributed by atoms with Crippen molar-refractivity contribution in [1.82, 2.24) is 5.32 Å². The summed E-state index contributed by atoms with van der Waals surface area (Å²) in [5.41, 5.74) is 3.58. The lowest BCUT2D eigenvalue weighted by molar-refractivity contribution is -0.123. The van der Waals surface area contributed by atoms with Gasteiger partial charge in [0, 0.05) is 0 Å². The van der Waals surface area contributed by atoms with E-state index < -0.39 is 0 Å². The number of ether oxygens (including phenoxy) is 2. The molecule has 2 aromatic rings. The van der Waals surface area contributed by atoms with Crippen LogP contribution in [0.1, 0.15) is 37.5 Å². The van der Waals surface area contributed by atoms with Crippen LogP contribution in [0.3, 0.4) is 0 Å².